The Kier molecular flexibility index (Phi) is 4.23. The van der Waals surface area contributed by atoms with Crippen LogP contribution in [0.3, 0.4) is 0 Å². The van der Waals surface area contributed by atoms with Crippen molar-refractivity contribution in [2.24, 2.45) is 0 Å². The van der Waals surface area contributed by atoms with Crippen molar-refractivity contribution < 1.29 is 23.1 Å². The quantitative estimate of drug-likeness (QED) is 0.708. The first-order valence-corrected chi connectivity index (χ1v) is 8.56. The smallest absolute Gasteiger partial charge is 0.391 e. The Bertz CT molecular complexity index is 1140. The van der Waals surface area contributed by atoms with Gasteiger partial charge < -0.3 is 15.0 Å². The molecule has 2 N–H and O–H groups in total. The third-order valence-corrected chi connectivity index (χ3v) is 4.77. The Hall–Kier alpha value is -3.13. The first-order chi connectivity index (χ1) is 13.2. The highest BCUT2D eigenvalue weighted by Crippen LogP contribution is 2.36. The van der Waals surface area contributed by atoms with Crippen molar-refractivity contribution in [2.75, 3.05) is 11.4 Å². The van der Waals surface area contributed by atoms with Crippen molar-refractivity contribution in [3.05, 3.63) is 64.4 Å². The molecule has 5 nitrogen and oxygen atoms in total. The topological polar surface area (TPSA) is 73.4 Å². The van der Waals surface area contributed by atoms with Crippen LogP contribution >= 0.6 is 0 Å². The van der Waals surface area contributed by atoms with E-state index >= 15 is 0 Å². The molecule has 0 bridgehead atoms. The number of aromatic amines is 1. The van der Waals surface area contributed by atoms with Crippen molar-refractivity contribution in [3.8, 4) is 11.3 Å². The number of carbonyl (C=O) groups excluding carboxylic acids is 1. The zero-order valence-corrected chi connectivity index (χ0v) is 14.5. The van der Waals surface area contributed by atoms with Gasteiger partial charge in [0.25, 0.3) is 5.56 Å². The number of anilines is 1. The summed E-state index contributed by atoms with van der Waals surface area (Å²) >= 11 is 0. The summed E-state index contributed by atoms with van der Waals surface area (Å²) in [5, 5.41) is 10.3. The standard InChI is InChI=1S/C20H15F3N2O3/c21-20(22,23)16-4-2-1-3-14(16)17-7-11-5-6-12(8-15(11)19(28)24-17)25-10-13(26)9-18(25)27/h1-8,13,26H,9-10H2,(H,24,28)/t13-/m1/s1. The molecular weight excluding hydrogens is 373 g/mol. The summed E-state index contributed by atoms with van der Waals surface area (Å²) in [4.78, 5) is 28.4. The number of pyridine rings is 1. The van der Waals surface area contributed by atoms with Gasteiger partial charge in [-0.1, -0.05) is 24.3 Å². The van der Waals surface area contributed by atoms with E-state index in [0.29, 0.717) is 11.1 Å². The van der Waals surface area contributed by atoms with E-state index in [2.05, 4.69) is 4.98 Å². The predicted octanol–water partition coefficient (Wildman–Crippen LogP) is 3.31. The largest absolute Gasteiger partial charge is 0.417 e. The minimum atomic E-state index is -4.55. The molecule has 144 valence electrons. The van der Waals surface area contributed by atoms with Gasteiger partial charge in [-0.05, 0) is 29.7 Å². The highest BCUT2D eigenvalue weighted by Gasteiger charge is 2.33. The lowest BCUT2D eigenvalue weighted by atomic mass is 10.0. The number of rotatable bonds is 2. The first-order valence-electron chi connectivity index (χ1n) is 8.56. The number of carbonyl (C=O) groups is 1. The van der Waals surface area contributed by atoms with Crippen LogP contribution in [0, 0.1) is 0 Å². The van der Waals surface area contributed by atoms with Crippen LogP contribution in [0.2, 0.25) is 0 Å². The third kappa shape index (κ3) is 3.16. The molecule has 1 aliphatic rings. The maximum absolute atomic E-state index is 13.3. The molecule has 8 heteroatoms. The molecule has 2 heterocycles. The van der Waals surface area contributed by atoms with Crippen molar-refractivity contribution in [1.82, 2.24) is 4.98 Å². The maximum atomic E-state index is 13.3. The molecule has 1 aliphatic heterocycles. The number of nitrogens with one attached hydrogen (secondary N) is 1. The highest BCUT2D eigenvalue weighted by molar-refractivity contribution is 5.98. The van der Waals surface area contributed by atoms with Gasteiger partial charge in [-0.3, -0.25) is 9.59 Å². The maximum Gasteiger partial charge on any atom is 0.417 e. The number of benzene rings is 2. The van der Waals surface area contributed by atoms with Gasteiger partial charge in [-0.2, -0.15) is 13.2 Å². The second kappa shape index (κ2) is 6.49. The van der Waals surface area contributed by atoms with Gasteiger partial charge >= 0.3 is 6.18 Å². The van der Waals surface area contributed by atoms with Crippen LogP contribution in [-0.4, -0.2) is 28.6 Å². The van der Waals surface area contributed by atoms with E-state index in [9.17, 15) is 27.9 Å². The SMILES string of the molecule is O=C1C[C@@H](O)CN1c1ccc2cc(-c3ccccc3C(F)(F)F)[nH]c(=O)c2c1. The lowest BCUT2D eigenvalue weighted by molar-refractivity contribution is -0.137. The van der Waals surface area contributed by atoms with Gasteiger partial charge in [0, 0.05) is 22.3 Å². The van der Waals surface area contributed by atoms with Crippen molar-refractivity contribution in [3.63, 3.8) is 0 Å². The molecule has 1 saturated heterocycles. The summed E-state index contributed by atoms with van der Waals surface area (Å²) < 4.78 is 39.9. The minimum Gasteiger partial charge on any atom is -0.391 e. The van der Waals surface area contributed by atoms with Gasteiger partial charge in [0.1, 0.15) is 0 Å². The Morgan fingerprint density at radius 1 is 1.07 bits per heavy atom. The number of nitrogens with zero attached hydrogens (tertiary/aromatic N) is 1. The second-order valence-corrected chi connectivity index (χ2v) is 6.69. The van der Waals surface area contributed by atoms with E-state index in [1.807, 2.05) is 0 Å². The van der Waals surface area contributed by atoms with E-state index in [1.54, 1.807) is 12.1 Å². The molecule has 3 aromatic rings. The second-order valence-electron chi connectivity index (χ2n) is 6.69. The van der Waals surface area contributed by atoms with E-state index in [0.717, 1.165) is 6.07 Å². The molecule has 0 unspecified atom stereocenters. The summed E-state index contributed by atoms with van der Waals surface area (Å²) in [5.74, 6) is -0.251. The van der Waals surface area contributed by atoms with E-state index < -0.39 is 23.4 Å². The minimum absolute atomic E-state index is 0.0154. The molecule has 1 atom stereocenters. The average Bonchev–Trinajstić information content (AvgIpc) is 2.99. The number of hydrogen-bond acceptors (Lipinski definition) is 3. The number of amides is 1. The number of fused-ring (bicyclic) bond motifs is 1. The summed E-state index contributed by atoms with van der Waals surface area (Å²) in [5.41, 5.74) is -0.985. The van der Waals surface area contributed by atoms with Crippen LogP contribution in [0.15, 0.2) is 53.3 Å². The van der Waals surface area contributed by atoms with E-state index in [-0.39, 0.29) is 35.5 Å². The zero-order valence-electron chi connectivity index (χ0n) is 14.5. The fourth-order valence-electron chi connectivity index (χ4n) is 3.46. The highest BCUT2D eigenvalue weighted by atomic mass is 19.4. The Morgan fingerprint density at radius 3 is 2.50 bits per heavy atom. The van der Waals surface area contributed by atoms with Crippen molar-refractivity contribution >= 4 is 22.4 Å². The number of aliphatic hydroxyl groups excluding tert-OH is 1. The van der Waals surface area contributed by atoms with Crippen molar-refractivity contribution in [1.29, 1.82) is 0 Å². The molecule has 1 amide bonds. The fraction of sp³-hybridized carbons (Fsp3) is 0.200. The average molecular weight is 388 g/mol. The van der Waals surface area contributed by atoms with Gasteiger partial charge in [-0.15, -0.1) is 0 Å². The molecule has 4 rings (SSSR count). The molecule has 0 aliphatic carbocycles. The van der Waals surface area contributed by atoms with Crippen LogP contribution in [0.1, 0.15) is 12.0 Å². The van der Waals surface area contributed by atoms with E-state index in [4.69, 9.17) is 0 Å². The number of halogens is 3. The summed E-state index contributed by atoms with van der Waals surface area (Å²) in [6.07, 6.45) is -5.30. The van der Waals surface area contributed by atoms with Crippen LogP contribution in [-0.2, 0) is 11.0 Å². The molecule has 0 saturated carbocycles. The van der Waals surface area contributed by atoms with Crippen LogP contribution in [0.25, 0.3) is 22.0 Å². The zero-order chi connectivity index (χ0) is 20.1. The van der Waals surface area contributed by atoms with Gasteiger partial charge in [0.2, 0.25) is 5.91 Å². The Morgan fingerprint density at radius 2 is 1.82 bits per heavy atom. The summed E-state index contributed by atoms with van der Waals surface area (Å²) in [6.45, 7) is 0.138. The molecule has 1 fully saturated rings. The summed E-state index contributed by atoms with van der Waals surface area (Å²) in [6, 6.07) is 11.2. The lowest BCUT2D eigenvalue weighted by Gasteiger charge is -2.17. The van der Waals surface area contributed by atoms with Crippen LogP contribution < -0.4 is 10.5 Å². The molecule has 1 aromatic heterocycles. The van der Waals surface area contributed by atoms with E-state index in [1.165, 1.54) is 35.2 Å². The number of aromatic nitrogens is 1. The lowest BCUT2D eigenvalue weighted by Crippen LogP contribution is -2.25. The van der Waals surface area contributed by atoms with Gasteiger partial charge in [-0.25, -0.2) is 0 Å². The molecule has 28 heavy (non-hydrogen) atoms. The monoisotopic (exact) mass is 388 g/mol. The van der Waals surface area contributed by atoms with Gasteiger partial charge in [0.05, 0.1) is 24.6 Å². The number of aliphatic hydroxyl groups is 1. The summed E-state index contributed by atoms with van der Waals surface area (Å²) in [7, 11) is 0. The molecule has 0 radical (unpaired) electrons. The fourth-order valence-corrected chi connectivity index (χ4v) is 3.46. The molecule has 0 spiro atoms. The Labute approximate surface area is 157 Å². The molecule has 2 aromatic carbocycles. The Balaban J connectivity index is 1.82. The number of H-pyrrole nitrogens is 1. The first kappa shape index (κ1) is 18.2. The van der Waals surface area contributed by atoms with Crippen molar-refractivity contribution in [2.45, 2.75) is 18.7 Å². The third-order valence-electron chi connectivity index (χ3n) is 4.77. The number of hydrogen-bond donors (Lipinski definition) is 2. The van der Waals surface area contributed by atoms with Crippen LogP contribution in [0.5, 0.6) is 0 Å². The van der Waals surface area contributed by atoms with Crippen LogP contribution in [0.4, 0.5) is 18.9 Å². The normalized spacial score (nSPS) is 17.5. The number of β-amino-alcohol motifs (C(OH)–C–C–N with tert-alkyl or cyclic N) is 1. The number of alkyl halides is 3. The molecular formula is C20H15F3N2O3. The predicted molar refractivity (Wildman–Crippen MR) is 98.0 cm³/mol. The van der Waals surface area contributed by atoms with Gasteiger partial charge in [0.15, 0.2) is 0 Å².